The monoisotopic (exact) mass is 355 g/mol. The largest absolute Gasteiger partial charge is 0.493 e. The second-order valence-corrected chi connectivity index (χ2v) is 5.90. The summed E-state index contributed by atoms with van der Waals surface area (Å²) < 4.78 is 19.0. The van der Waals surface area contributed by atoms with E-state index in [1.165, 1.54) is 17.7 Å². The van der Waals surface area contributed by atoms with Crippen LogP contribution in [-0.4, -0.2) is 25.6 Å². The smallest absolute Gasteiger partial charge is 0.223 e. The van der Waals surface area contributed by atoms with Gasteiger partial charge in [-0.05, 0) is 49.2 Å². The lowest BCUT2D eigenvalue weighted by Crippen LogP contribution is -2.29. The van der Waals surface area contributed by atoms with Crippen molar-refractivity contribution in [3.05, 3.63) is 58.9 Å². The highest BCUT2D eigenvalue weighted by atomic mass is 19.1. The fourth-order valence-corrected chi connectivity index (χ4v) is 2.34. The fraction of sp³-hybridized carbons (Fsp3) is 0.300. The van der Waals surface area contributed by atoms with Gasteiger partial charge in [-0.1, -0.05) is 12.1 Å². The number of nitriles is 1. The van der Waals surface area contributed by atoms with Crippen LogP contribution in [0.1, 0.15) is 23.1 Å². The number of rotatable bonds is 8. The topological polar surface area (TPSA) is 74.2 Å². The van der Waals surface area contributed by atoms with E-state index in [-0.39, 0.29) is 17.9 Å². The van der Waals surface area contributed by atoms with Crippen LogP contribution in [0.3, 0.4) is 0 Å². The van der Waals surface area contributed by atoms with Crippen LogP contribution in [0.2, 0.25) is 0 Å². The van der Waals surface area contributed by atoms with Gasteiger partial charge in [-0.3, -0.25) is 4.79 Å². The normalized spacial score (nSPS) is 10.1. The Morgan fingerprint density at radius 3 is 2.73 bits per heavy atom. The highest BCUT2D eigenvalue weighted by molar-refractivity contribution is 5.76. The molecule has 0 radical (unpaired) electrons. The van der Waals surface area contributed by atoms with Gasteiger partial charge in [0.1, 0.15) is 23.2 Å². The SMILES string of the molecule is Cc1ccc(OCCC(=O)NCCNc2cccc(F)c2C#N)cc1C. The summed E-state index contributed by atoms with van der Waals surface area (Å²) in [6, 6.07) is 12.0. The highest BCUT2D eigenvalue weighted by Gasteiger charge is 2.07. The van der Waals surface area contributed by atoms with Crippen LogP contribution in [0.4, 0.5) is 10.1 Å². The molecule has 6 heteroatoms. The van der Waals surface area contributed by atoms with Crippen molar-refractivity contribution in [3.63, 3.8) is 0 Å². The Labute approximate surface area is 152 Å². The van der Waals surface area contributed by atoms with Crippen LogP contribution in [0, 0.1) is 31.0 Å². The zero-order valence-electron chi connectivity index (χ0n) is 14.9. The lowest BCUT2D eigenvalue weighted by atomic mass is 10.1. The second kappa shape index (κ2) is 9.42. The molecule has 5 nitrogen and oxygen atoms in total. The Hall–Kier alpha value is -3.07. The van der Waals surface area contributed by atoms with E-state index in [0.29, 0.717) is 25.4 Å². The molecule has 1 amide bonds. The van der Waals surface area contributed by atoms with Gasteiger partial charge in [-0.15, -0.1) is 0 Å². The molecular formula is C20H22FN3O2. The van der Waals surface area contributed by atoms with Crippen molar-refractivity contribution >= 4 is 11.6 Å². The third-order valence-electron chi connectivity index (χ3n) is 3.96. The molecule has 2 aromatic carbocycles. The molecular weight excluding hydrogens is 333 g/mol. The van der Waals surface area contributed by atoms with Crippen LogP contribution in [0.5, 0.6) is 5.75 Å². The minimum atomic E-state index is -0.565. The molecule has 0 saturated heterocycles. The average molecular weight is 355 g/mol. The van der Waals surface area contributed by atoms with Crippen molar-refractivity contribution in [1.29, 1.82) is 5.26 Å². The molecule has 0 aliphatic carbocycles. The summed E-state index contributed by atoms with van der Waals surface area (Å²) in [5.74, 6) is 0.0538. The summed E-state index contributed by atoms with van der Waals surface area (Å²) in [4.78, 5) is 11.8. The summed E-state index contributed by atoms with van der Waals surface area (Å²) >= 11 is 0. The first-order valence-corrected chi connectivity index (χ1v) is 8.40. The first-order chi connectivity index (χ1) is 12.5. The van der Waals surface area contributed by atoms with Crippen LogP contribution in [0.15, 0.2) is 36.4 Å². The molecule has 0 aliphatic rings. The average Bonchev–Trinajstić information content (AvgIpc) is 2.62. The summed E-state index contributed by atoms with van der Waals surface area (Å²) in [7, 11) is 0. The lowest BCUT2D eigenvalue weighted by Gasteiger charge is -2.10. The van der Waals surface area contributed by atoms with E-state index in [4.69, 9.17) is 10.00 Å². The molecule has 0 bridgehead atoms. The van der Waals surface area contributed by atoms with E-state index in [1.807, 2.05) is 38.1 Å². The van der Waals surface area contributed by atoms with Crippen molar-refractivity contribution in [2.24, 2.45) is 0 Å². The second-order valence-electron chi connectivity index (χ2n) is 5.90. The van der Waals surface area contributed by atoms with Gasteiger partial charge in [0.05, 0.1) is 18.7 Å². The van der Waals surface area contributed by atoms with E-state index in [1.54, 1.807) is 6.07 Å². The predicted octanol–water partition coefficient (Wildman–Crippen LogP) is 3.31. The Morgan fingerprint density at radius 2 is 2.00 bits per heavy atom. The van der Waals surface area contributed by atoms with Crippen LogP contribution in [-0.2, 0) is 4.79 Å². The number of benzene rings is 2. The van der Waals surface area contributed by atoms with Crippen molar-refractivity contribution < 1.29 is 13.9 Å². The highest BCUT2D eigenvalue weighted by Crippen LogP contribution is 2.17. The number of hydrogen-bond donors (Lipinski definition) is 2. The van der Waals surface area contributed by atoms with E-state index in [2.05, 4.69) is 10.6 Å². The van der Waals surface area contributed by atoms with Gasteiger partial charge in [-0.2, -0.15) is 5.26 Å². The number of ether oxygens (including phenoxy) is 1. The zero-order chi connectivity index (χ0) is 18.9. The number of halogens is 1. The summed E-state index contributed by atoms with van der Waals surface area (Å²) in [5, 5.41) is 14.7. The first kappa shape index (κ1) is 19.3. The molecule has 2 N–H and O–H groups in total. The van der Waals surface area contributed by atoms with Gasteiger partial charge < -0.3 is 15.4 Å². The third-order valence-corrected chi connectivity index (χ3v) is 3.96. The van der Waals surface area contributed by atoms with E-state index in [9.17, 15) is 9.18 Å². The fourth-order valence-electron chi connectivity index (χ4n) is 2.34. The predicted molar refractivity (Wildman–Crippen MR) is 98.6 cm³/mol. The number of aryl methyl sites for hydroxylation is 2. The Balaban J connectivity index is 1.67. The standard InChI is InChI=1S/C20H22FN3O2/c1-14-6-7-16(12-15(14)2)26-11-8-20(25)24-10-9-23-19-5-3-4-18(21)17(19)13-22/h3-7,12,23H,8-11H2,1-2H3,(H,24,25). The van der Waals surface area contributed by atoms with Crippen LogP contribution < -0.4 is 15.4 Å². The van der Waals surface area contributed by atoms with Gasteiger partial charge in [0.2, 0.25) is 5.91 Å². The molecule has 2 rings (SSSR count). The minimum absolute atomic E-state index is 0.0272. The summed E-state index contributed by atoms with van der Waals surface area (Å²) in [6.45, 7) is 5.10. The molecule has 0 saturated carbocycles. The van der Waals surface area contributed by atoms with E-state index < -0.39 is 5.82 Å². The van der Waals surface area contributed by atoms with E-state index >= 15 is 0 Å². The maximum atomic E-state index is 13.5. The summed E-state index contributed by atoms with van der Waals surface area (Å²) in [5.41, 5.74) is 2.73. The molecule has 0 atom stereocenters. The number of amides is 1. The van der Waals surface area contributed by atoms with E-state index in [0.717, 1.165) is 11.3 Å². The maximum Gasteiger partial charge on any atom is 0.223 e. The van der Waals surface area contributed by atoms with Crippen LogP contribution in [0.25, 0.3) is 0 Å². The number of carbonyl (C=O) groups excluding carboxylic acids is 1. The van der Waals surface area contributed by atoms with Gasteiger partial charge in [0, 0.05) is 13.1 Å². The zero-order valence-corrected chi connectivity index (χ0v) is 14.9. The maximum absolute atomic E-state index is 13.5. The summed E-state index contributed by atoms with van der Waals surface area (Å²) in [6.07, 6.45) is 0.246. The first-order valence-electron chi connectivity index (χ1n) is 8.40. The third kappa shape index (κ3) is 5.49. The molecule has 2 aromatic rings. The Bertz CT molecular complexity index is 815. The number of nitrogens with zero attached hydrogens (tertiary/aromatic N) is 1. The number of nitrogens with one attached hydrogen (secondary N) is 2. The lowest BCUT2D eigenvalue weighted by molar-refractivity contribution is -0.121. The number of hydrogen-bond acceptors (Lipinski definition) is 4. The van der Waals surface area contributed by atoms with Gasteiger partial charge in [0.15, 0.2) is 0 Å². The van der Waals surface area contributed by atoms with Gasteiger partial charge in [0.25, 0.3) is 0 Å². The molecule has 0 unspecified atom stereocenters. The Kier molecular flexibility index (Phi) is 6.98. The minimum Gasteiger partial charge on any atom is -0.493 e. The molecule has 0 heterocycles. The molecule has 136 valence electrons. The quantitative estimate of drug-likeness (QED) is 0.713. The molecule has 0 aliphatic heterocycles. The molecule has 26 heavy (non-hydrogen) atoms. The van der Waals surface area contributed by atoms with Gasteiger partial charge >= 0.3 is 0 Å². The molecule has 0 aromatic heterocycles. The van der Waals surface area contributed by atoms with Crippen molar-refractivity contribution in [3.8, 4) is 11.8 Å². The van der Waals surface area contributed by atoms with Gasteiger partial charge in [-0.25, -0.2) is 4.39 Å². The van der Waals surface area contributed by atoms with Crippen molar-refractivity contribution in [2.75, 3.05) is 25.0 Å². The Morgan fingerprint density at radius 1 is 1.19 bits per heavy atom. The molecule has 0 spiro atoms. The molecule has 0 fully saturated rings. The number of anilines is 1. The van der Waals surface area contributed by atoms with Crippen LogP contribution >= 0.6 is 0 Å². The van der Waals surface area contributed by atoms with Crippen molar-refractivity contribution in [1.82, 2.24) is 5.32 Å². The number of carbonyl (C=O) groups is 1. The van der Waals surface area contributed by atoms with Crippen molar-refractivity contribution in [2.45, 2.75) is 20.3 Å².